The van der Waals surface area contributed by atoms with Crippen molar-refractivity contribution in [2.45, 2.75) is 46.3 Å². The lowest BCUT2D eigenvalue weighted by molar-refractivity contribution is 0.281. The fourth-order valence-corrected chi connectivity index (χ4v) is 2.74. The summed E-state index contributed by atoms with van der Waals surface area (Å²) in [7, 11) is 0. The zero-order valence-electron chi connectivity index (χ0n) is 11.1. The molecule has 1 aromatic carbocycles. The highest BCUT2D eigenvalue weighted by Gasteiger charge is 2.24. The van der Waals surface area contributed by atoms with E-state index in [1.807, 2.05) is 0 Å². The van der Waals surface area contributed by atoms with Crippen LogP contribution < -0.4 is 4.90 Å². The van der Waals surface area contributed by atoms with Gasteiger partial charge < -0.3 is 10.0 Å². The first kappa shape index (κ1) is 12.4. The van der Waals surface area contributed by atoms with E-state index in [1.54, 1.807) is 0 Å². The first-order valence-electron chi connectivity index (χ1n) is 6.60. The van der Waals surface area contributed by atoms with Gasteiger partial charge >= 0.3 is 0 Å². The molecule has 2 heteroatoms. The Morgan fingerprint density at radius 3 is 2.76 bits per heavy atom. The zero-order chi connectivity index (χ0) is 12.4. The van der Waals surface area contributed by atoms with E-state index in [1.165, 1.54) is 24.1 Å². The molecule has 1 heterocycles. The molecule has 94 valence electrons. The van der Waals surface area contributed by atoms with E-state index in [-0.39, 0.29) is 6.61 Å². The molecule has 2 unspecified atom stereocenters. The lowest BCUT2D eigenvalue weighted by atomic mass is 9.91. The van der Waals surface area contributed by atoms with E-state index in [0.717, 1.165) is 18.0 Å². The molecule has 0 bridgehead atoms. The lowest BCUT2D eigenvalue weighted by Gasteiger charge is -2.40. The Morgan fingerprint density at radius 1 is 1.35 bits per heavy atom. The Bertz CT molecular complexity index is 389. The van der Waals surface area contributed by atoms with E-state index < -0.39 is 0 Å². The quantitative estimate of drug-likeness (QED) is 0.848. The summed E-state index contributed by atoms with van der Waals surface area (Å²) in [6, 6.07) is 7.02. The minimum absolute atomic E-state index is 0.137. The van der Waals surface area contributed by atoms with Crippen LogP contribution in [0, 0.1) is 12.8 Å². The van der Waals surface area contributed by atoms with Gasteiger partial charge in [0, 0.05) is 18.3 Å². The second kappa shape index (κ2) is 5.09. The van der Waals surface area contributed by atoms with Gasteiger partial charge in [-0.15, -0.1) is 0 Å². The molecule has 0 aromatic heterocycles. The van der Waals surface area contributed by atoms with Gasteiger partial charge in [-0.1, -0.05) is 13.0 Å². The van der Waals surface area contributed by atoms with Gasteiger partial charge in [0.15, 0.2) is 0 Å². The molecular formula is C15H23NO. The van der Waals surface area contributed by atoms with Gasteiger partial charge in [-0.3, -0.25) is 0 Å². The van der Waals surface area contributed by atoms with Crippen LogP contribution >= 0.6 is 0 Å². The minimum atomic E-state index is 0.137. The third-order valence-corrected chi connectivity index (χ3v) is 4.20. The number of rotatable bonds is 2. The molecule has 1 aliphatic rings. The van der Waals surface area contributed by atoms with Crippen molar-refractivity contribution in [2.75, 3.05) is 11.4 Å². The number of hydrogen-bond donors (Lipinski definition) is 1. The van der Waals surface area contributed by atoms with E-state index in [0.29, 0.717) is 6.04 Å². The maximum atomic E-state index is 9.20. The predicted octanol–water partition coefficient (Wildman–Crippen LogP) is 3.11. The Kier molecular flexibility index (Phi) is 3.72. The Balaban J connectivity index is 2.24. The molecule has 1 fully saturated rings. The summed E-state index contributed by atoms with van der Waals surface area (Å²) in [4.78, 5) is 2.50. The highest BCUT2D eigenvalue weighted by Crippen LogP contribution is 2.29. The molecule has 1 aromatic rings. The smallest absolute Gasteiger partial charge is 0.0684 e. The number of aliphatic hydroxyl groups is 1. The standard InChI is InChI=1S/C15H23NO/c1-11-5-4-8-16(13(11)3)15-7-6-14(10-17)12(2)9-15/h6-7,9,11,13,17H,4-5,8,10H2,1-3H3. The maximum absolute atomic E-state index is 9.20. The molecule has 17 heavy (non-hydrogen) atoms. The highest BCUT2D eigenvalue weighted by molar-refractivity contribution is 5.52. The van der Waals surface area contributed by atoms with Crippen LogP contribution in [0.2, 0.25) is 0 Å². The molecule has 2 nitrogen and oxygen atoms in total. The van der Waals surface area contributed by atoms with E-state index >= 15 is 0 Å². The number of benzene rings is 1. The van der Waals surface area contributed by atoms with Crippen LogP contribution in [-0.2, 0) is 6.61 Å². The molecule has 0 spiro atoms. The van der Waals surface area contributed by atoms with Crippen molar-refractivity contribution in [3.05, 3.63) is 29.3 Å². The van der Waals surface area contributed by atoms with Crippen LogP contribution in [0.5, 0.6) is 0 Å². The average molecular weight is 233 g/mol. The minimum Gasteiger partial charge on any atom is -0.392 e. The summed E-state index contributed by atoms with van der Waals surface area (Å²) in [5.41, 5.74) is 3.53. The second-order valence-electron chi connectivity index (χ2n) is 5.32. The third-order valence-electron chi connectivity index (χ3n) is 4.20. The number of anilines is 1. The van der Waals surface area contributed by atoms with Crippen molar-refractivity contribution in [2.24, 2.45) is 5.92 Å². The monoisotopic (exact) mass is 233 g/mol. The molecule has 0 saturated carbocycles. The summed E-state index contributed by atoms with van der Waals surface area (Å²) < 4.78 is 0. The van der Waals surface area contributed by atoms with Crippen molar-refractivity contribution < 1.29 is 5.11 Å². The number of aryl methyl sites for hydroxylation is 1. The fraction of sp³-hybridized carbons (Fsp3) is 0.600. The van der Waals surface area contributed by atoms with Crippen molar-refractivity contribution in [3.8, 4) is 0 Å². The van der Waals surface area contributed by atoms with E-state index in [9.17, 15) is 5.11 Å². The normalized spacial score (nSPS) is 25.1. The molecule has 0 amide bonds. The highest BCUT2D eigenvalue weighted by atomic mass is 16.3. The Labute approximate surface area is 104 Å². The van der Waals surface area contributed by atoms with Crippen molar-refractivity contribution in [1.29, 1.82) is 0 Å². The SMILES string of the molecule is Cc1cc(N2CCCC(C)C2C)ccc1CO. The van der Waals surface area contributed by atoms with Crippen molar-refractivity contribution in [1.82, 2.24) is 0 Å². The molecule has 2 atom stereocenters. The molecular weight excluding hydrogens is 210 g/mol. The molecule has 0 aliphatic carbocycles. The number of hydrogen-bond acceptors (Lipinski definition) is 2. The van der Waals surface area contributed by atoms with Crippen molar-refractivity contribution in [3.63, 3.8) is 0 Å². The topological polar surface area (TPSA) is 23.5 Å². The molecule has 1 N–H and O–H groups in total. The van der Waals surface area contributed by atoms with Crippen LogP contribution in [0.15, 0.2) is 18.2 Å². The van der Waals surface area contributed by atoms with Crippen LogP contribution in [-0.4, -0.2) is 17.7 Å². The van der Waals surface area contributed by atoms with Crippen LogP contribution in [0.25, 0.3) is 0 Å². The predicted molar refractivity (Wildman–Crippen MR) is 72.3 cm³/mol. The van der Waals surface area contributed by atoms with Gasteiger partial charge in [-0.05, 0) is 55.9 Å². The summed E-state index contributed by atoms with van der Waals surface area (Å²) in [5, 5.41) is 9.20. The van der Waals surface area contributed by atoms with Gasteiger partial charge in [0.05, 0.1) is 6.61 Å². The third kappa shape index (κ3) is 2.47. The second-order valence-corrected chi connectivity index (χ2v) is 5.32. The summed E-state index contributed by atoms with van der Waals surface area (Å²) >= 11 is 0. The van der Waals surface area contributed by atoms with Gasteiger partial charge in [0.25, 0.3) is 0 Å². The van der Waals surface area contributed by atoms with E-state index in [2.05, 4.69) is 43.9 Å². The van der Waals surface area contributed by atoms with Gasteiger partial charge in [-0.2, -0.15) is 0 Å². The number of nitrogens with zero attached hydrogens (tertiary/aromatic N) is 1. The molecule has 2 rings (SSSR count). The number of piperidine rings is 1. The lowest BCUT2D eigenvalue weighted by Crippen LogP contribution is -2.42. The Morgan fingerprint density at radius 2 is 2.12 bits per heavy atom. The first-order chi connectivity index (χ1) is 8.13. The molecule has 0 radical (unpaired) electrons. The van der Waals surface area contributed by atoms with Crippen LogP contribution in [0.4, 0.5) is 5.69 Å². The Hall–Kier alpha value is -1.02. The van der Waals surface area contributed by atoms with Crippen LogP contribution in [0.1, 0.15) is 37.8 Å². The van der Waals surface area contributed by atoms with E-state index in [4.69, 9.17) is 0 Å². The summed E-state index contributed by atoms with van der Waals surface area (Å²) in [6.07, 6.45) is 2.62. The average Bonchev–Trinajstić information content (AvgIpc) is 2.32. The van der Waals surface area contributed by atoms with Gasteiger partial charge in [0.1, 0.15) is 0 Å². The van der Waals surface area contributed by atoms with Crippen LogP contribution in [0.3, 0.4) is 0 Å². The summed E-state index contributed by atoms with van der Waals surface area (Å²) in [6.45, 7) is 8.03. The zero-order valence-corrected chi connectivity index (χ0v) is 11.1. The fourth-order valence-electron chi connectivity index (χ4n) is 2.74. The van der Waals surface area contributed by atoms with Gasteiger partial charge in [-0.25, -0.2) is 0 Å². The van der Waals surface area contributed by atoms with Crippen molar-refractivity contribution >= 4 is 5.69 Å². The molecule has 1 saturated heterocycles. The largest absolute Gasteiger partial charge is 0.392 e. The first-order valence-corrected chi connectivity index (χ1v) is 6.60. The van der Waals surface area contributed by atoms with Gasteiger partial charge in [0.2, 0.25) is 0 Å². The maximum Gasteiger partial charge on any atom is 0.0684 e. The summed E-state index contributed by atoms with van der Waals surface area (Å²) in [5.74, 6) is 0.765. The number of aliphatic hydroxyl groups excluding tert-OH is 1. The molecule has 1 aliphatic heterocycles.